The highest BCUT2D eigenvalue weighted by Gasteiger charge is 2.55. The summed E-state index contributed by atoms with van der Waals surface area (Å²) in [6, 6.07) is 30.0. The summed E-state index contributed by atoms with van der Waals surface area (Å²) >= 11 is 0. The lowest BCUT2D eigenvalue weighted by atomic mass is 10.0. The molecule has 0 aliphatic carbocycles. The third kappa shape index (κ3) is 7.08. The lowest BCUT2D eigenvalue weighted by molar-refractivity contribution is -0.0896. The van der Waals surface area contributed by atoms with E-state index in [0.717, 1.165) is 22.9 Å². The zero-order valence-electron chi connectivity index (χ0n) is 21.6. The first-order valence-corrected chi connectivity index (χ1v) is 14.8. The van der Waals surface area contributed by atoms with Gasteiger partial charge in [0.05, 0.1) is 44.8 Å². The van der Waals surface area contributed by atoms with Gasteiger partial charge < -0.3 is 14.2 Å². The molecule has 0 amide bonds. The van der Waals surface area contributed by atoms with Crippen molar-refractivity contribution in [2.24, 2.45) is 0 Å². The highest BCUT2D eigenvalue weighted by molar-refractivity contribution is 7.86. The Morgan fingerprint density at radius 3 is 1.76 bits per heavy atom. The summed E-state index contributed by atoms with van der Waals surface area (Å²) in [5, 5.41) is 0. The van der Waals surface area contributed by atoms with E-state index in [4.69, 9.17) is 18.4 Å². The van der Waals surface area contributed by atoms with Crippen LogP contribution in [-0.2, 0) is 48.3 Å². The number of fused-ring (bicyclic) bond motifs is 1. The second kappa shape index (κ2) is 12.5. The molecule has 0 saturated carbocycles. The molecule has 2 saturated heterocycles. The third-order valence-corrected chi connectivity index (χ3v) is 7.76. The summed E-state index contributed by atoms with van der Waals surface area (Å²) in [5.41, 5.74) is 3.26. The highest BCUT2D eigenvalue weighted by Crippen LogP contribution is 2.39. The molecule has 2 fully saturated rings. The summed E-state index contributed by atoms with van der Waals surface area (Å²) in [6.45, 7) is 2.29. The number of benzene rings is 3. The van der Waals surface area contributed by atoms with Crippen LogP contribution in [0, 0.1) is 0 Å². The van der Waals surface area contributed by atoms with Crippen LogP contribution < -0.4 is 0 Å². The second-order valence-corrected chi connectivity index (χ2v) is 11.6. The molecule has 0 unspecified atom stereocenters. The predicted octanol–water partition coefficient (Wildman–Crippen LogP) is 4.18. The molecule has 38 heavy (non-hydrogen) atoms. The molecule has 0 spiro atoms. The van der Waals surface area contributed by atoms with Gasteiger partial charge in [0.25, 0.3) is 10.1 Å². The molecule has 0 aromatic heterocycles. The van der Waals surface area contributed by atoms with Gasteiger partial charge in [0.15, 0.2) is 0 Å². The van der Waals surface area contributed by atoms with Crippen LogP contribution in [0.1, 0.15) is 23.1 Å². The highest BCUT2D eigenvalue weighted by atomic mass is 32.2. The molecule has 2 aliphatic rings. The summed E-state index contributed by atoms with van der Waals surface area (Å²) in [4.78, 5) is 2.27. The smallest absolute Gasteiger partial charge is 0.264 e. The number of rotatable bonds is 12. The van der Waals surface area contributed by atoms with E-state index in [9.17, 15) is 8.42 Å². The van der Waals surface area contributed by atoms with Crippen molar-refractivity contribution in [3.63, 3.8) is 0 Å². The molecule has 0 radical (unpaired) electrons. The van der Waals surface area contributed by atoms with E-state index in [2.05, 4.69) is 4.90 Å². The van der Waals surface area contributed by atoms with Gasteiger partial charge in [-0.1, -0.05) is 91.0 Å². The maximum Gasteiger partial charge on any atom is 0.264 e. The van der Waals surface area contributed by atoms with Crippen molar-refractivity contribution >= 4 is 10.1 Å². The molecule has 202 valence electrons. The van der Waals surface area contributed by atoms with Crippen molar-refractivity contribution in [2.45, 2.75) is 56.6 Å². The second-order valence-electron chi connectivity index (χ2n) is 10.0. The van der Waals surface area contributed by atoms with Gasteiger partial charge in [0.1, 0.15) is 12.2 Å². The van der Waals surface area contributed by atoms with Crippen LogP contribution >= 0.6 is 0 Å². The Labute approximate surface area is 225 Å². The summed E-state index contributed by atoms with van der Waals surface area (Å²) < 4.78 is 48.6. The molecule has 2 aliphatic heterocycles. The number of nitrogens with zero attached hydrogens (tertiary/aromatic N) is 1. The van der Waals surface area contributed by atoms with Crippen molar-refractivity contribution in [1.82, 2.24) is 4.90 Å². The van der Waals surface area contributed by atoms with Gasteiger partial charge in [-0.15, -0.1) is 0 Å². The van der Waals surface area contributed by atoms with E-state index < -0.39 is 16.2 Å². The van der Waals surface area contributed by atoms with Gasteiger partial charge in [-0.05, 0) is 23.1 Å². The molecule has 5 atom stereocenters. The van der Waals surface area contributed by atoms with E-state index in [1.54, 1.807) is 0 Å². The fourth-order valence-electron chi connectivity index (χ4n) is 5.51. The van der Waals surface area contributed by atoms with Crippen LogP contribution in [0.15, 0.2) is 91.0 Å². The predicted molar refractivity (Wildman–Crippen MR) is 145 cm³/mol. The molecule has 5 rings (SSSR count). The Morgan fingerprint density at radius 1 is 0.737 bits per heavy atom. The SMILES string of the molecule is CS(=O)(=O)O[C@H]1C[C@H]2[C@H](OCc3ccccc3)[C@H](OCc3ccccc3)[C@@H](COCc3ccccc3)N2C1. The van der Waals surface area contributed by atoms with Crippen LogP contribution in [-0.4, -0.2) is 63.1 Å². The van der Waals surface area contributed by atoms with Crippen molar-refractivity contribution in [3.8, 4) is 0 Å². The fraction of sp³-hybridized carbons (Fsp3) is 0.400. The van der Waals surface area contributed by atoms with Crippen molar-refractivity contribution in [2.75, 3.05) is 19.4 Å². The third-order valence-electron chi connectivity index (χ3n) is 7.13. The van der Waals surface area contributed by atoms with Gasteiger partial charge in [-0.3, -0.25) is 9.08 Å². The lowest BCUT2D eigenvalue weighted by Crippen LogP contribution is -2.43. The van der Waals surface area contributed by atoms with Gasteiger partial charge in [0, 0.05) is 12.6 Å². The molecule has 0 N–H and O–H groups in total. The van der Waals surface area contributed by atoms with Crippen LogP contribution in [0.2, 0.25) is 0 Å². The first-order valence-electron chi connectivity index (χ1n) is 13.0. The lowest BCUT2D eigenvalue weighted by Gasteiger charge is -2.29. The van der Waals surface area contributed by atoms with Crippen LogP contribution in [0.5, 0.6) is 0 Å². The number of hydrogen-bond acceptors (Lipinski definition) is 7. The van der Waals surface area contributed by atoms with E-state index in [1.165, 1.54) is 0 Å². The Morgan fingerprint density at radius 2 is 1.24 bits per heavy atom. The van der Waals surface area contributed by atoms with Crippen LogP contribution in [0.3, 0.4) is 0 Å². The molecular formula is C30H35NO6S. The minimum atomic E-state index is -3.57. The van der Waals surface area contributed by atoms with E-state index in [-0.39, 0.29) is 24.3 Å². The van der Waals surface area contributed by atoms with Crippen LogP contribution in [0.4, 0.5) is 0 Å². The molecule has 3 aromatic carbocycles. The van der Waals surface area contributed by atoms with Gasteiger partial charge in [0.2, 0.25) is 0 Å². The average molecular weight is 538 g/mol. The van der Waals surface area contributed by atoms with E-state index >= 15 is 0 Å². The molecular weight excluding hydrogens is 502 g/mol. The Bertz CT molecular complexity index is 1240. The monoisotopic (exact) mass is 537 g/mol. The standard InChI is InChI=1S/C30H35NO6S/c1-38(32,33)37-26-17-27-29(35-20-24-13-7-3-8-14-24)30(36-21-25-15-9-4-10-16-25)28(31(27)18-26)22-34-19-23-11-5-2-6-12-23/h2-16,26-30H,17-22H2,1H3/t26-,27-,28+,29-,30+/m0/s1. The maximum atomic E-state index is 11.9. The van der Waals surface area contributed by atoms with Gasteiger partial charge in [-0.25, -0.2) is 0 Å². The van der Waals surface area contributed by atoms with Gasteiger partial charge >= 0.3 is 0 Å². The largest absolute Gasteiger partial charge is 0.375 e. The van der Waals surface area contributed by atoms with Crippen molar-refractivity contribution < 1.29 is 26.8 Å². The number of ether oxygens (including phenoxy) is 3. The summed E-state index contributed by atoms with van der Waals surface area (Å²) in [7, 11) is -3.57. The van der Waals surface area contributed by atoms with Gasteiger partial charge in [-0.2, -0.15) is 8.42 Å². The van der Waals surface area contributed by atoms with E-state index in [0.29, 0.717) is 39.4 Å². The quantitative estimate of drug-likeness (QED) is 0.321. The normalized spacial score (nSPS) is 25.4. The Balaban J connectivity index is 1.36. The van der Waals surface area contributed by atoms with E-state index in [1.807, 2.05) is 91.0 Å². The Hall–Kier alpha value is -2.59. The molecule has 7 nitrogen and oxygen atoms in total. The number of hydrogen-bond donors (Lipinski definition) is 0. The molecule has 0 bridgehead atoms. The first-order chi connectivity index (χ1) is 18.5. The molecule has 8 heteroatoms. The molecule has 3 aromatic rings. The van der Waals surface area contributed by atoms with Crippen molar-refractivity contribution in [1.29, 1.82) is 0 Å². The first kappa shape index (κ1) is 27.0. The summed E-state index contributed by atoms with van der Waals surface area (Å²) in [5.74, 6) is 0. The Kier molecular flexibility index (Phi) is 8.89. The summed E-state index contributed by atoms with van der Waals surface area (Å²) in [6.07, 6.45) is 0.708. The molecule has 2 heterocycles. The fourth-order valence-corrected chi connectivity index (χ4v) is 6.14. The topological polar surface area (TPSA) is 74.3 Å². The zero-order chi connectivity index (χ0) is 26.4. The van der Waals surface area contributed by atoms with Crippen molar-refractivity contribution in [3.05, 3.63) is 108 Å². The minimum Gasteiger partial charge on any atom is -0.375 e. The minimum absolute atomic E-state index is 0.0449. The van der Waals surface area contributed by atoms with Crippen LogP contribution in [0.25, 0.3) is 0 Å². The average Bonchev–Trinajstić information content (AvgIpc) is 3.43. The zero-order valence-corrected chi connectivity index (χ0v) is 22.4. The maximum absolute atomic E-state index is 11.9.